The van der Waals surface area contributed by atoms with Gasteiger partial charge >= 0.3 is 6.18 Å². The van der Waals surface area contributed by atoms with Crippen LogP contribution in [0.15, 0.2) is 53.7 Å². The molecule has 3 rings (SSSR count). The van der Waals surface area contributed by atoms with E-state index in [2.05, 4.69) is 15.1 Å². The maximum absolute atomic E-state index is 14.2. The van der Waals surface area contributed by atoms with E-state index in [0.717, 1.165) is 6.07 Å². The van der Waals surface area contributed by atoms with Gasteiger partial charge in [0.15, 0.2) is 0 Å². The van der Waals surface area contributed by atoms with Crippen molar-refractivity contribution in [2.45, 2.75) is 30.1 Å². The summed E-state index contributed by atoms with van der Waals surface area (Å²) in [6.45, 7) is 1.41. The normalized spacial score (nSPS) is 14.1. The smallest absolute Gasteiger partial charge is 0.386 e. The van der Waals surface area contributed by atoms with Crippen molar-refractivity contribution in [2.75, 3.05) is 11.9 Å². The molecule has 3 aromatic rings. The van der Waals surface area contributed by atoms with Crippen LogP contribution in [0.25, 0.3) is 0 Å². The zero-order valence-corrected chi connectivity index (χ0v) is 19.5. The van der Waals surface area contributed by atoms with Gasteiger partial charge in [0.1, 0.15) is 10.7 Å². The number of aliphatic hydroxyl groups excluding tert-OH is 1. The topological polar surface area (TPSA) is 96.2 Å². The van der Waals surface area contributed by atoms with Gasteiger partial charge < -0.3 is 10.4 Å². The van der Waals surface area contributed by atoms with E-state index >= 15 is 0 Å². The lowest BCUT2D eigenvalue weighted by Crippen LogP contribution is -2.28. The van der Waals surface area contributed by atoms with Crippen LogP contribution in [0.3, 0.4) is 0 Å². The molecule has 2 unspecified atom stereocenters. The van der Waals surface area contributed by atoms with Crippen LogP contribution in [0, 0.1) is 5.82 Å². The molecule has 34 heavy (non-hydrogen) atoms. The average molecular weight is 521 g/mol. The van der Waals surface area contributed by atoms with Crippen LogP contribution in [-0.2, 0) is 23.2 Å². The third kappa shape index (κ3) is 6.06. The molecular formula is C21H21ClF4N4O3S. The molecular weight excluding hydrogens is 500 g/mol. The third-order valence-corrected chi connectivity index (χ3v) is 6.98. The molecule has 0 saturated heterocycles. The second-order valence-electron chi connectivity index (χ2n) is 7.57. The summed E-state index contributed by atoms with van der Waals surface area (Å²) in [6.07, 6.45) is -2.42. The summed E-state index contributed by atoms with van der Waals surface area (Å²) in [6, 6.07) is 4.70. The molecule has 1 heterocycles. The quantitative estimate of drug-likeness (QED) is 0.382. The lowest BCUT2D eigenvalue weighted by atomic mass is 10.1. The molecule has 13 heteroatoms. The summed E-state index contributed by atoms with van der Waals surface area (Å²) >= 11 is 6.15. The molecule has 0 saturated carbocycles. The Bertz CT molecular complexity index is 1280. The van der Waals surface area contributed by atoms with Crippen LogP contribution in [0.1, 0.15) is 35.8 Å². The number of rotatable bonds is 8. The SMILES string of the molecule is CC(NS(=O)(=O)c1ccc(NCC(O)c2cnn(C)c2)cc1Cl)c1ccc(C(F)(F)F)cc1F. The maximum Gasteiger partial charge on any atom is 0.416 e. The highest BCUT2D eigenvalue weighted by Gasteiger charge is 2.32. The van der Waals surface area contributed by atoms with Crippen molar-refractivity contribution in [2.24, 2.45) is 7.05 Å². The van der Waals surface area contributed by atoms with Gasteiger partial charge in [-0.1, -0.05) is 17.7 Å². The molecule has 3 N–H and O–H groups in total. The fraction of sp³-hybridized carbons (Fsp3) is 0.286. The van der Waals surface area contributed by atoms with Crippen LogP contribution in [-0.4, -0.2) is 29.8 Å². The summed E-state index contributed by atoms with van der Waals surface area (Å²) in [5.41, 5.74) is -0.401. The third-order valence-electron chi connectivity index (χ3n) is 4.96. The molecule has 184 valence electrons. The van der Waals surface area contributed by atoms with Crippen LogP contribution >= 0.6 is 11.6 Å². The van der Waals surface area contributed by atoms with Crippen molar-refractivity contribution in [1.29, 1.82) is 0 Å². The first-order valence-electron chi connectivity index (χ1n) is 9.87. The Balaban J connectivity index is 1.71. The number of aromatic nitrogens is 2. The van der Waals surface area contributed by atoms with Gasteiger partial charge in [0.25, 0.3) is 0 Å². The first-order valence-corrected chi connectivity index (χ1v) is 11.7. The monoisotopic (exact) mass is 520 g/mol. The van der Waals surface area contributed by atoms with Crippen LogP contribution in [0.4, 0.5) is 23.2 Å². The van der Waals surface area contributed by atoms with Crippen molar-refractivity contribution in [1.82, 2.24) is 14.5 Å². The van der Waals surface area contributed by atoms with Crippen molar-refractivity contribution < 1.29 is 31.1 Å². The van der Waals surface area contributed by atoms with Crippen molar-refractivity contribution in [3.63, 3.8) is 0 Å². The second kappa shape index (κ2) is 9.90. The second-order valence-corrected chi connectivity index (χ2v) is 9.66. The van der Waals surface area contributed by atoms with Crippen LogP contribution < -0.4 is 10.0 Å². The first kappa shape index (κ1) is 25.9. The number of halogens is 5. The van der Waals surface area contributed by atoms with Gasteiger partial charge in [-0.15, -0.1) is 0 Å². The molecule has 0 fully saturated rings. The summed E-state index contributed by atoms with van der Waals surface area (Å²) in [7, 11) is -2.53. The molecule has 1 aromatic heterocycles. The molecule has 0 amide bonds. The Morgan fingerprint density at radius 1 is 1.21 bits per heavy atom. The highest BCUT2D eigenvalue weighted by molar-refractivity contribution is 7.89. The number of alkyl halides is 3. The number of hydrogen-bond donors (Lipinski definition) is 3. The number of anilines is 1. The summed E-state index contributed by atoms with van der Waals surface area (Å²) in [5, 5.41) is 17.0. The molecule has 0 aliphatic carbocycles. The minimum absolute atomic E-state index is 0.108. The van der Waals surface area contributed by atoms with E-state index in [0.29, 0.717) is 23.4 Å². The van der Waals surface area contributed by atoms with E-state index in [1.807, 2.05) is 0 Å². The van der Waals surface area contributed by atoms with E-state index in [-0.39, 0.29) is 22.0 Å². The Morgan fingerprint density at radius 3 is 2.47 bits per heavy atom. The van der Waals surface area contributed by atoms with Gasteiger partial charge in [0.2, 0.25) is 10.0 Å². The average Bonchev–Trinajstić information content (AvgIpc) is 3.17. The Labute approximate surface area is 198 Å². The lowest BCUT2D eigenvalue weighted by molar-refractivity contribution is -0.137. The number of aryl methyl sites for hydroxylation is 1. The van der Waals surface area contributed by atoms with Gasteiger partial charge in [0, 0.05) is 42.6 Å². The number of nitrogens with one attached hydrogen (secondary N) is 2. The molecule has 0 aliphatic heterocycles. The predicted molar refractivity (Wildman–Crippen MR) is 118 cm³/mol. The van der Waals surface area contributed by atoms with Crippen molar-refractivity contribution in [3.05, 3.63) is 76.3 Å². The van der Waals surface area contributed by atoms with Crippen molar-refractivity contribution in [3.8, 4) is 0 Å². The molecule has 2 atom stereocenters. The van der Waals surface area contributed by atoms with E-state index in [1.54, 1.807) is 17.9 Å². The Kier molecular flexibility index (Phi) is 7.56. The number of sulfonamides is 1. The van der Waals surface area contributed by atoms with Gasteiger partial charge in [-0.05, 0) is 37.3 Å². The largest absolute Gasteiger partial charge is 0.416 e. The highest BCUT2D eigenvalue weighted by atomic mass is 35.5. The maximum atomic E-state index is 14.2. The molecule has 0 spiro atoms. The molecule has 0 radical (unpaired) electrons. The summed E-state index contributed by atoms with van der Waals surface area (Å²) < 4.78 is 81.7. The van der Waals surface area contributed by atoms with E-state index < -0.39 is 39.7 Å². The number of nitrogens with zero attached hydrogens (tertiary/aromatic N) is 2. The minimum Gasteiger partial charge on any atom is -0.386 e. The summed E-state index contributed by atoms with van der Waals surface area (Å²) in [5.74, 6) is -1.19. The summed E-state index contributed by atoms with van der Waals surface area (Å²) in [4.78, 5) is -0.299. The fourth-order valence-corrected chi connectivity index (χ4v) is 4.96. The Hall–Kier alpha value is -2.67. The highest BCUT2D eigenvalue weighted by Crippen LogP contribution is 2.32. The molecule has 0 aliphatic rings. The van der Waals surface area contributed by atoms with Crippen molar-refractivity contribution >= 4 is 27.3 Å². The van der Waals surface area contributed by atoms with E-state index in [9.17, 15) is 31.1 Å². The number of hydrogen-bond acceptors (Lipinski definition) is 5. The van der Waals surface area contributed by atoms with E-state index in [1.165, 1.54) is 31.3 Å². The van der Waals surface area contributed by atoms with E-state index in [4.69, 9.17) is 11.6 Å². The standard InChI is InChI=1S/C21H21ClF4N4O3S/c1-12(16-5-3-14(7-18(16)23)21(24,25)26)29-34(32,33)20-6-4-15(8-17(20)22)27-10-19(31)13-9-28-30(2)11-13/h3-9,11-12,19,27,29,31H,10H2,1-2H3. The fourth-order valence-electron chi connectivity index (χ4n) is 3.19. The van der Waals surface area contributed by atoms with Gasteiger partial charge in [-0.25, -0.2) is 17.5 Å². The van der Waals surface area contributed by atoms with Crippen LogP contribution in [0.5, 0.6) is 0 Å². The molecule has 2 aromatic carbocycles. The number of aliphatic hydroxyl groups is 1. The molecule has 7 nitrogen and oxygen atoms in total. The van der Waals surface area contributed by atoms with Crippen LogP contribution in [0.2, 0.25) is 5.02 Å². The Morgan fingerprint density at radius 2 is 1.91 bits per heavy atom. The molecule has 0 bridgehead atoms. The van der Waals surface area contributed by atoms with Gasteiger partial charge in [-0.3, -0.25) is 4.68 Å². The predicted octanol–water partition coefficient (Wildman–Crippen LogP) is 4.42. The number of benzene rings is 2. The van der Waals surface area contributed by atoms with Gasteiger partial charge in [-0.2, -0.15) is 18.3 Å². The first-order chi connectivity index (χ1) is 15.8. The zero-order chi connectivity index (χ0) is 25.3. The van der Waals surface area contributed by atoms with Gasteiger partial charge in [0.05, 0.1) is 22.9 Å². The zero-order valence-electron chi connectivity index (χ0n) is 17.9. The minimum atomic E-state index is -4.72. The lowest BCUT2D eigenvalue weighted by Gasteiger charge is -2.18.